The molecule has 0 aliphatic heterocycles. The van der Waals surface area contributed by atoms with E-state index >= 15 is 0 Å². The standard InChI is InChI=1S/C13H15ClFN3/c1-9(2)8-17-13-16-5-6-18(13)12-7-10(15)3-4-11(12)14/h3-7,9H,8H2,1-2H3,(H,16,17). The van der Waals surface area contributed by atoms with Gasteiger partial charge in [-0.1, -0.05) is 25.4 Å². The van der Waals surface area contributed by atoms with Crippen LogP contribution in [0.5, 0.6) is 0 Å². The maximum absolute atomic E-state index is 13.3. The van der Waals surface area contributed by atoms with Crippen LogP contribution in [0.2, 0.25) is 5.02 Å². The zero-order valence-corrected chi connectivity index (χ0v) is 11.1. The van der Waals surface area contributed by atoms with E-state index in [0.717, 1.165) is 6.54 Å². The summed E-state index contributed by atoms with van der Waals surface area (Å²) in [5.41, 5.74) is 0.584. The minimum atomic E-state index is -0.321. The lowest BCUT2D eigenvalue weighted by Gasteiger charge is -2.12. The molecule has 0 radical (unpaired) electrons. The Morgan fingerprint density at radius 3 is 2.94 bits per heavy atom. The maximum Gasteiger partial charge on any atom is 0.207 e. The van der Waals surface area contributed by atoms with E-state index in [2.05, 4.69) is 24.1 Å². The number of anilines is 1. The summed E-state index contributed by atoms with van der Waals surface area (Å²) in [5, 5.41) is 3.70. The SMILES string of the molecule is CC(C)CNc1nccn1-c1cc(F)ccc1Cl. The lowest BCUT2D eigenvalue weighted by molar-refractivity contribution is 0.626. The van der Waals surface area contributed by atoms with Gasteiger partial charge < -0.3 is 5.32 Å². The Balaban J connectivity index is 2.33. The summed E-state index contributed by atoms with van der Waals surface area (Å²) >= 11 is 6.08. The second-order valence-electron chi connectivity index (χ2n) is 4.49. The van der Waals surface area contributed by atoms with Gasteiger partial charge in [0.1, 0.15) is 5.82 Å². The molecule has 0 atom stereocenters. The molecule has 0 spiro atoms. The van der Waals surface area contributed by atoms with E-state index in [1.54, 1.807) is 23.0 Å². The summed E-state index contributed by atoms with van der Waals surface area (Å²) in [6.07, 6.45) is 3.41. The molecule has 0 aliphatic rings. The number of nitrogens with zero attached hydrogens (tertiary/aromatic N) is 2. The lowest BCUT2D eigenvalue weighted by atomic mass is 10.2. The van der Waals surface area contributed by atoms with E-state index < -0.39 is 0 Å². The minimum Gasteiger partial charge on any atom is -0.355 e. The molecule has 3 nitrogen and oxygen atoms in total. The summed E-state index contributed by atoms with van der Waals surface area (Å²) in [5.74, 6) is 0.840. The van der Waals surface area contributed by atoms with Crippen LogP contribution in [-0.2, 0) is 0 Å². The molecule has 2 rings (SSSR count). The van der Waals surface area contributed by atoms with Gasteiger partial charge in [-0.15, -0.1) is 0 Å². The van der Waals surface area contributed by atoms with Gasteiger partial charge in [-0.05, 0) is 24.1 Å². The van der Waals surface area contributed by atoms with Gasteiger partial charge in [0.2, 0.25) is 5.95 Å². The van der Waals surface area contributed by atoms with Crippen molar-refractivity contribution in [1.29, 1.82) is 0 Å². The summed E-state index contributed by atoms with van der Waals surface area (Å²) in [4.78, 5) is 4.21. The molecule has 0 unspecified atom stereocenters. The molecule has 2 aromatic rings. The fraction of sp³-hybridized carbons (Fsp3) is 0.308. The highest BCUT2D eigenvalue weighted by Crippen LogP contribution is 2.24. The molecule has 96 valence electrons. The first-order valence-electron chi connectivity index (χ1n) is 5.80. The van der Waals surface area contributed by atoms with Crippen LogP contribution < -0.4 is 5.32 Å². The number of aromatic nitrogens is 2. The minimum absolute atomic E-state index is 0.321. The summed E-state index contributed by atoms with van der Waals surface area (Å²) < 4.78 is 15.0. The molecule has 0 saturated heterocycles. The molecule has 1 N–H and O–H groups in total. The molecule has 0 aliphatic carbocycles. The van der Waals surface area contributed by atoms with Crippen molar-refractivity contribution < 1.29 is 4.39 Å². The van der Waals surface area contributed by atoms with Crippen LogP contribution >= 0.6 is 11.6 Å². The number of halogens is 2. The Morgan fingerprint density at radius 1 is 1.44 bits per heavy atom. The Bertz CT molecular complexity index is 537. The number of nitrogens with one attached hydrogen (secondary N) is 1. The highest BCUT2D eigenvalue weighted by Gasteiger charge is 2.09. The van der Waals surface area contributed by atoms with Crippen LogP contribution in [0.15, 0.2) is 30.6 Å². The fourth-order valence-electron chi connectivity index (χ4n) is 1.59. The van der Waals surface area contributed by atoms with E-state index in [4.69, 9.17) is 11.6 Å². The van der Waals surface area contributed by atoms with Crippen molar-refractivity contribution in [3.05, 3.63) is 41.4 Å². The first-order valence-corrected chi connectivity index (χ1v) is 6.18. The Hall–Kier alpha value is -1.55. The number of hydrogen-bond acceptors (Lipinski definition) is 2. The van der Waals surface area contributed by atoms with Crippen LogP contribution in [-0.4, -0.2) is 16.1 Å². The van der Waals surface area contributed by atoms with Gasteiger partial charge in [-0.3, -0.25) is 4.57 Å². The van der Waals surface area contributed by atoms with Gasteiger partial charge in [0.15, 0.2) is 0 Å². The fourth-order valence-corrected chi connectivity index (χ4v) is 1.80. The highest BCUT2D eigenvalue weighted by atomic mass is 35.5. The second kappa shape index (κ2) is 5.40. The van der Waals surface area contributed by atoms with Gasteiger partial charge in [-0.2, -0.15) is 0 Å². The molecule has 0 fully saturated rings. The molecule has 0 amide bonds. The lowest BCUT2D eigenvalue weighted by Crippen LogP contribution is -2.12. The van der Waals surface area contributed by atoms with Crippen LogP contribution in [0.3, 0.4) is 0 Å². The maximum atomic E-state index is 13.3. The second-order valence-corrected chi connectivity index (χ2v) is 4.90. The third kappa shape index (κ3) is 2.82. The Morgan fingerprint density at radius 2 is 2.22 bits per heavy atom. The van der Waals surface area contributed by atoms with Crippen LogP contribution in [0.25, 0.3) is 5.69 Å². The van der Waals surface area contributed by atoms with Crippen LogP contribution in [0, 0.1) is 11.7 Å². The smallest absolute Gasteiger partial charge is 0.207 e. The van der Waals surface area contributed by atoms with Crippen molar-refractivity contribution in [2.75, 3.05) is 11.9 Å². The monoisotopic (exact) mass is 267 g/mol. The normalized spacial score (nSPS) is 10.9. The van der Waals surface area contributed by atoms with Crippen molar-refractivity contribution in [2.45, 2.75) is 13.8 Å². The van der Waals surface area contributed by atoms with Crippen LogP contribution in [0.4, 0.5) is 10.3 Å². The van der Waals surface area contributed by atoms with Gasteiger partial charge in [0, 0.05) is 18.9 Å². The van der Waals surface area contributed by atoms with Gasteiger partial charge in [0.25, 0.3) is 0 Å². The number of benzene rings is 1. The summed E-state index contributed by atoms with van der Waals surface area (Å²) in [7, 11) is 0. The van der Waals surface area contributed by atoms with E-state index in [9.17, 15) is 4.39 Å². The van der Waals surface area contributed by atoms with Crippen molar-refractivity contribution in [1.82, 2.24) is 9.55 Å². The first kappa shape index (κ1) is 12.9. The first-order chi connectivity index (χ1) is 8.58. The Kier molecular flexibility index (Phi) is 3.87. The van der Waals surface area contributed by atoms with Crippen molar-refractivity contribution in [3.8, 4) is 5.69 Å². The average molecular weight is 268 g/mol. The molecule has 0 bridgehead atoms. The third-order valence-corrected chi connectivity index (χ3v) is 2.80. The summed E-state index contributed by atoms with van der Waals surface area (Å²) in [6, 6.07) is 4.27. The molecule has 1 aromatic carbocycles. The molecule has 1 aromatic heterocycles. The zero-order chi connectivity index (χ0) is 13.1. The van der Waals surface area contributed by atoms with Gasteiger partial charge in [-0.25, -0.2) is 9.37 Å². The van der Waals surface area contributed by atoms with Crippen molar-refractivity contribution in [2.24, 2.45) is 5.92 Å². The highest BCUT2D eigenvalue weighted by molar-refractivity contribution is 6.32. The van der Waals surface area contributed by atoms with Gasteiger partial charge >= 0.3 is 0 Å². The van der Waals surface area contributed by atoms with Crippen LogP contribution in [0.1, 0.15) is 13.8 Å². The topological polar surface area (TPSA) is 29.9 Å². The Labute approximate surface area is 111 Å². The van der Waals surface area contributed by atoms with Crippen molar-refractivity contribution >= 4 is 17.5 Å². The third-order valence-electron chi connectivity index (χ3n) is 2.48. The molecular formula is C13H15ClFN3. The molecular weight excluding hydrogens is 253 g/mol. The van der Waals surface area contributed by atoms with E-state index in [0.29, 0.717) is 22.6 Å². The van der Waals surface area contributed by atoms with E-state index in [-0.39, 0.29) is 5.82 Å². The zero-order valence-electron chi connectivity index (χ0n) is 10.3. The average Bonchev–Trinajstić information content (AvgIpc) is 2.77. The quantitative estimate of drug-likeness (QED) is 0.915. The summed E-state index contributed by atoms with van der Waals surface area (Å²) in [6.45, 7) is 5.01. The molecule has 18 heavy (non-hydrogen) atoms. The molecule has 5 heteroatoms. The molecule has 0 saturated carbocycles. The number of rotatable bonds is 4. The van der Waals surface area contributed by atoms with Gasteiger partial charge in [0.05, 0.1) is 10.7 Å². The van der Waals surface area contributed by atoms with E-state index in [1.165, 1.54) is 12.1 Å². The number of hydrogen-bond donors (Lipinski definition) is 1. The predicted octanol–water partition coefficient (Wildman–Crippen LogP) is 3.73. The largest absolute Gasteiger partial charge is 0.355 e. The van der Waals surface area contributed by atoms with E-state index in [1.807, 2.05) is 0 Å². The van der Waals surface area contributed by atoms with Crippen molar-refractivity contribution in [3.63, 3.8) is 0 Å². The molecule has 1 heterocycles. The predicted molar refractivity (Wildman–Crippen MR) is 71.9 cm³/mol. The number of imidazole rings is 1.